The number of unbranched alkanes of at least 4 members (excludes halogenated alkanes) is 2. The molecule has 0 heterocycles. The Morgan fingerprint density at radius 3 is 2.50 bits per heavy atom. The maximum Gasteiger partial charge on any atom is 0.418 e. The lowest BCUT2D eigenvalue weighted by atomic mass is 9.49. The Bertz CT molecular complexity index is 298. The Morgan fingerprint density at radius 2 is 1.89 bits per heavy atom. The van der Waals surface area contributed by atoms with Crippen LogP contribution in [-0.2, 0) is 9.53 Å². The van der Waals surface area contributed by atoms with E-state index in [0.29, 0.717) is 5.92 Å². The molecule has 4 bridgehead atoms. The second-order valence-electron chi connectivity index (χ2n) is 6.96. The predicted molar refractivity (Wildman–Crippen MR) is 70.7 cm³/mol. The van der Waals surface area contributed by atoms with Crippen LogP contribution < -0.4 is 0 Å². The van der Waals surface area contributed by atoms with Gasteiger partial charge in [-0.3, -0.25) is 0 Å². The van der Waals surface area contributed by atoms with Gasteiger partial charge in [-0.1, -0.05) is 26.2 Å². The van der Waals surface area contributed by atoms with E-state index in [9.17, 15) is 4.79 Å². The Kier molecular flexibility index (Phi) is 3.38. The zero-order valence-electron chi connectivity index (χ0n) is 11.5. The largest absolute Gasteiger partial charge is 0.450 e. The summed E-state index contributed by atoms with van der Waals surface area (Å²) in [4.78, 5) is 10.8. The van der Waals surface area contributed by atoms with Crippen LogP contribution in [0.15, 0.2) is 0 Å². The molecule has 4 aliphatic carbocycles. The monoisotopic (exact) mass is 249 g/mol. The van der Waals surface area contributed by atoms with Crippen LogP contribution in [0, 0.1) is 23.7 Å². The summed E-state index contributed by atoms with van der Waals surface area (Å²) in [6, 6.07) is 0. The normalized spacial score (nSPS) is 45.2. The van der Waals surface area contributed by atoms with Crippen molar-refractivity contribution in [3.63, 3.8) is 0 Å². The molecule has 0 aromatic heterocycles. The summed E-state index contributed by atoms with van der Waals surface area (Å²) >= 11 is 0. The van der Waals surface area contributed by atoms with E-state index in [1.54, 1.807) is 6.47 Å². The van der Waals surface area contributed by atoms with E-state index in [4.69, 9.17) is 4.74 Å². The van der Waals surface area contributed by atoms with Crippen molar-refractivity contribution in [3.8, 4) is 0 Å². The molecule has 101 valence electrons. The average molecular weight is 249 g/mol. The van der Waals surface area contributed by atoms with Crippen molar-refractivity contribution < 1.29 is 9.53 Å². The van der Waals surface area contributed by atoms with E-state index in [2.05, 4.69) is 6.92 Å². The third kappa shape index (κ3) is 1.98. The van der Waals surface area contributed by atoms with E-state index in [-0.39, 0.29) is 5.60 Å². The van der Waals surface area contributed by atoms with Gasteiger partial charge in [0.25, 0.3) is 0 Å². The highest BCUT2D eigenvalue weighted by molar-refractivity contribution is 5.40. The second-order valence-corrected chi connectivity index (χ2v) is 6.96. The number of ether oxygens (including phenoxy) is 1. The minimum atomic E-state index is -0.107. The molecule has 3 unspecified atom stereocenters. The molecule has 3 atom stereocenters. The van der Waals surface area contributed by atoms with Crippen LogP contribution in [0.5, 0.6) is 0 Å². The van der Waals surface area contributed by atoms with Crippen molar-refractivity contribution in [2.75, 3.05) is 0 Å². The highest BCUT2D eigenvalue weighted by atomic mass is 16.5. The molecule has 2 heteroatoms. The van der Waals surface area contributed by atoms with Gasteiger partial charge >= 0.3 is 6.47 Å². The minimum Gasteiger partial charge on any atom is -0.450 e. The van der Waals surface area contributed by atoms with Crippen molar-refractivity contribution in [2.45, 2.75) is 70.3 Å². The van der Waals surface area contributed by atoms with Crippen LogP contribution in [0.1, 0.15) is 64.7 Å². The molecule has 1 radical (unpaired) electrons. The number of hydrogen-bond donors (Lipinski definition) is 0. The quantitative estimate of drug-likeness (QED) is 0.668. The van der Waals surface area contributed by atoms with E-state index >= 15 is 0 Å². The summed E-state index contributed by atoms with van der Waals surface area (Å²) in [5.74, 6) is 3.14. The Labute approximate surface area is 110 Å². The number of rotatable bonds is 6. The zero-order chi connectivity index (χ0) is 12.6. The topological polar surface area (TPSA) is 26.3 Å². The van der Waals surface area contributed by atoms with Crippen molar-refractivity contribution in [3.05, 3.63) is 0 Å². The molecular weight excluding hydrogens is 224 g/mol. The maximum absolute atomic E-state index is 10.8. The van der Waals surface area contributed by atoms with E-state index in [1.807, 2.05) is 0 Å². The first kappa shape index (κ1) is 12.5. The van der Waals surface area contributed by atoms with Crippen molar-refractivity contribution in [2.24, 2.45) is 23.7 Å². The lowest BCUT2D eigenvalue weighted by Crippen LogP contribution is -2.58. The summed E-state index contributed by atoms with van der Waals surface area (Å²) in [5, 5.41) is 0. The fourth-order valence-electron chi connectivity index (χ4n) is 5.43. The van der Waals surface area contributed by atoms with Gasteiger partial charge in [-0.25, -0.2) is 4.79 Å². The van der Waals surface area contributed by atoms with Crippen LogP contribution in [0.3, 0.4) is 0 Å². The van der Waals surface area contributed by atoms with Crippen molar-refractivity contribution >= 4 is 6.47 Å². The molecule has 0 spiro atoms. The van der Waals surface area contributed by atoms with Crippen LogP contribution in [0.2, 0.25) is 0 Å². The van der Waals surface area contributed by atoms with Gasteiger partial charge in [0.1, 0.15) is 5.60 Å². The van der Waals surface area contributed by atoms with E-state index in [1.165, 1.54) is 44.9 Å². The Morgan fingerprint density at radius 1 is 1.17 bits per heavy atom. The molecule has 18 heavy (non-hydrogen) atoms. The number of hydrogen-bond acceptors (Lipinski definition) is 2. The predicted octanol–water partition coefficient (Wildman–Crippen LogP) is 3.85. The van der Waals surface area contributed by atoms with Gasteiger partial charge in [0.2, 0.25) is 0 Å². The van der Waals surface area contributed by atoms with Gasteiger partial charge in [-0.2, -0.15) is 0 Å². The SMILES string of the molecule is CCCCCC1C2CC3CC(C2)CC1(O[C]=O)C3. The third-order valence-corrected chi connectivity index (χ3v) is 5.82. The minimum absolute atomic E-state index is 0.107. The Hall–Kier alpha value is -0.530. The molecule has 0 aromatic carbocycles. The molecule has 0 aliphatic heterocycles. The molecule has 0 saturated heterocycles. The molecule has 0 N–H and O–H groups in total. The summed E-state index contributed by atoms with van der Waals surface area (Å²) in [6.07, 6.45) is 11.6. The summed E-state index contributed by atoms with van der Waals surface area (Å²) in [6.45, 7) is 4.05. The molecule has 4 aliphatic rings. The fraction of sp³-hybridized carbons (Fsp3) is 0.938. The van der Waals surface area contributed by atoms with Gasteiger partial charge in [0.05, 0.1) is 0 Å². The van der Waals surface area contributed by atoms with Crippen LogP contribution in [-0.4, -0.2) is 12.1 Å². The molecule has 0 amide bonds. The second kappa shape index (κ2) is 4.86. The number of carbonyl (C=O) groups excluding carboxylic acids is 1. The first-order valence-electron chi connectivity index (χ1n) is 7.82. The van der Waals surface area contributed by atoms with Gasteiger partial charge in [0.15, 0.2) is 0 Å². The molecular formula is C16H25O2. The first-order valence-corrected chi connectivity index (χ1v) is 7.82. The summed E-state index contributed by atoms with van der Waals surface area (Å²) in [5.41, 5.74) is -0.107. The van der Waals surface area contributed by atoms with Crippen LogP contribution in [0.25, 0.3) is 0 Å². The maximum atomic E-state index is 10.8. The van der Waals surface area contributed by atoms with E-state index < -0.39 is 0 Å². The zero-order valence-corrected chi connectivity index (χ0v) is 11.5. The van der Waals surface area contributed by atoms with Crippen molar-refractivity contribution in [1.29, 1.82) is 0 Å². The lowest BCUT2D eigenvalue weighted by molar-refractivity contribution is -0.164. The smallest absolute Gasteiger partial charge is 0.418 e. The van der Waals surface area contributed by atoms with Crippen LogP contribution >= 0.6 is 0 Å². The molecule has 4 rings (SSSR count). The highest BCUT2D eigenvalue weighted by Gasteiger charge is 2.58. The summed E-state index contributed by atoms with van der Waals surface area (Å²) < 4.78 is 5.58. The van der Waals surface area contributed by atoms with Gasteiger partial charge < -0.3 is 4.74 Å². The van der Waals surface area contributed by atoms with Gasteiger partial charge in [0, 0.05) is 5.92 Å². The van der Waals surface area contributed by atoms with E-state index in [0.717, 1.165) is 30.6 Å². The van der Waals surface area contributed by atoms with Crippen LogP contribution in [0.4, 0.5) is 0 Å². The summed E-state index contributed by atoms with van der Waals surface area (Å²) in [7, 11) is 0. The fourth-order valence-corrected chi connectivity index (χ4v) is 5.43. The first-order chi connectivity index (χ1) is 8.77. The Balaban J connectivity index is 1.75. The standard InChI is InChI=1S/C16H25O2/c1-2-3-4-5-15-14-7-12-6-13(8-14)10-16(15,9-12)18-11-17/h12-15H,2-10H2,1H3. The van der Waals surface area contributed by atoms with Gasteiger partial charge in [-0.15, -0.1) is 0 Å². The lowest BCUT2D eigenvalue weighted by Gasteiger charge is -2.59. The molecule has 0 aromatic rings. The highest BCUT2D eigenvalue weighted by Crippen LogP contribution is 2.60. The molecule has 4 fully saturated rings. The van der Waals surface area contributed by atoms with Crippen molar-refractivity contribution in [1.82, 2.24) is 0 Å². The molecule has 4 saturated carbocycles. The molecule has 2 nitrogen and oxygen atoms in total. The third-order valence-electron chi connectivity index (χ3n) is 5.82. The average Bonchev–Trinajstić information content (AvgIpc) is 2.32. The van der Waals surface area contributed by atoms with Gasteiger partial charge in [-0.05, 0) is 56.3 Å².